The van der Waals surface area contributed by atoms with E-state index in [2.05, 4.69) is 15.3 Å². The number of benzene rings is 1. The zero-order valence-electron chi connectivity index (χ0n) is 13.4. The van der Waals surface area contributed by atoms with E-state index in [9.17, 15) is 4.79 Å². The predicted octanol–water partition coefficient (Wildman–Crippen LogP) is 3.75. The van der Waals surface area contributed by atoms with Crippen LogP contribution in [0.3, 0.4) is 0 Å². The molecule has 5 heteroatoms. The summed E-state index contributed by atoms with van der Waals surface area (Å²) < 4.78 is 1.92. The summed E-state index contributed by atoms with van der Waals surface area (Å²) in [6.45, 7) is 3.92. The van der Waals surface area contributed by atoms with E-state index in [1.165, 1.54) is 0 Å². The fraction of sp³-hybridized carbons (Fsp3) is 0.105. The van der Waals surface area contributed by atoms with Crippen molar-refractivity contribution in [3.63, 3.8) is 0 Å². The van der Waals surface area contributed by atoms with Gasteiger partial charge in [-0.15, -0.1) is 0 Å². The van der Waals surface area contributed by atoms with E-state index in [4.69, 9.17) is 0 Å². The molecule has 0 atom stereocenters. The zero-order chi connectivity index (χ0) is 16.7. The van der Waals surface area contributed by atoms with Crippen LogP contribution in [0.4, 0.5) is 5.82 Å². The Morgan fingerprint density at radius 1 is 1.12 bits per heavy atom. The standard InChI is InChI=1S/C19H16N4O/c1-12-11-13(2)23-10-8-16(18(23)21-12)19(24)22-17-15-6-4-3-5-14(15)7-9-20-17/h3-11H,1-2H3,(H,20,22,24). The van der Waals surface area contributed by atoms with Crippen molar-refractivity contribution < 1.29 is 4.79 Å². The maximum atomic E-state index is 12.8. The Hall–Kier alpha value is -3.21. The van der Waals surface area contributed by atoms with Crippen molar-refractivity contribution in [2.24, 2.45) is 0 Å². The van der Waals surface area contributed by atoms with E-state index in [0.717, 1.165) is 22.2 Å². The summed E-state index contributed by atoms with van der Waals surface area (Å²) in [6, 6.07) is 13.5. The molecule has 0 saturated carbocycles. The lowest BCUT2D eigenvalue weighted by Crippen LogP contribution is -2.13. The van der Waals surface area contributed by atoms with Crippen molar-refractivity contribution in [2.45, 2.75) is 13.8 Å². The summed E-state index contributed by atoms with van der Waals surface area (Å²) in [4.78, 5) is 21.6. The smallest absolute Gasteiger partial charge is 0.260 e. The van der Waals surface area contributed by atoms with Crippen molar-refractivity contribution in [3.8, 4) is 0 Å². The zero-order valence-corrected chi connectivity index (χ0v) is 13.4. The Bertz CT molecular complexity index is 1080. The third-order valence-corrected chi connectivity index (χ3v) is 4.09. The average Bonchev–Trinajstić information content (AvgIpc) is 2.99. The van der Waals surface area contributed by atoms with Crippen molar-refractivity contribution in [1.29, 1.82) is 0 Å². The van der Waals surface area contributed by atoms with E-state index in [0.29, 0.717) is 17.0 Å². The predicted molar refractivity (Wildman–Crippen MR) is 94.4 cm³/mol. The van der Waals surface area contributed by atoms with Gasteiger partial charge in [-0.3, -0.25) is 4.79 Å². The van der Waals surface area contributed by atoms with Gasteiger partial charge in [0.25, 0.3) is 5.91 Å². The number of nitrogens with one attached hydrogen (secondary N) is 1. The molecule has 0 bridgehead atoms. The molecule has 3 heterocycles. The molecule has 0 radical (unpaired) electrons. The van der Waals surface area contributed by atoms with Crippen molar-refractivity contribution in [3.05, 3.63) is 71.8 Å². The molecule has 4 aromatic rings. The Labute approximate surface area is 139 Å². The van der Waals surface area contributed by atoms with Crippen LogP contribution >= 0.6 is 0 Å². The molecule has 0 saturated heterocycles. The second kappa shape index (κ2) is 5.45. The number of aryl methyl sites for hydroxylation is 2. The fourth-order valence-corrected chi connectivity index (χ4v) is 2.97. The molecule has 1 N–H and O–H groups in total. The summed E-state index contributed by atoms with van der Waals surface area (Å²) in [5, 5.41) is 4.87. The van der Waals surface area contributed by atoms with E-state index >= 15 is 0 Å². The molecule has 24 heavy (non-hydrogen) atoms. The van der Waals surface area contributed by atoms with E-state index in [1.807, 2.05) is 60.8 Å². The summed E-state index contributed by atoms with van der Waals surface area (Å²) in [5.74, 6) is 0.348. The molecular weight excluding hydrogens is 300 g/mol. The second-order valence-electron chi connectivity index (χ2n) is 5.80. The first-order valence-corrected chi connectivity index (χ1v) is 7.74. The minimum atomic E-state index is -0.209. The van der Waals surface area contributed by atoms with Gasteiger partial charge in [0.05, 0.1) is 5.56 Å². The number of anilines is 1. The van der Waals surface area contributed by atoms with Gasteiger partial charge < -0.3 is 9.72 Å². The van der Waals surface area contributed by atoms with Crippen LogP contribution in [-0.2, 0) is 0 Å². The molecule has 1 amide bonds. The van der Waals surface area contributed by atoms with Crippen LogP contribution in [0.2, 0.25) is 0 Å². The number of hydrogen-bond donors (Lipinski definition) is 1. The number of aromatic nitrogens is 3. The van der Waals surface area contributed by atoms with Crippen LogP contribution in [-0.4, -0.2) is 20.3 Å². The van der Waals surface area contributed by atoms with Crippen LogP contribution in [0.25, 0.3) is 16.4 Å². The van der Waals surface area contributed by atoms with Gasteiger partial charge in [-0.05, 0) is 37.4 Å². The quantitative estimate of drug-likeness (QED) is 0.612. The number of hydrogen-bond acceptors (Lipinski definition) is 3. The number of rotatable bonds is 2. The number of amides is 1. The number of carbonyl (C=O) groups is 1. The Morgan fingerprint density at radius 2 is 1.96 bits per heavy atom. The van der Waals surface area contributed by atoms with Crippen LogP contribution < -0.4 is 5.32 Å². The van der Waals surface area contributed by atoms with Gasteiger partial charge in [-0.1, -0.05) is 24.3 Å². The van der Waals surface area contributed by atoms with Gasteiger partial charge in [-0.2, -0.15) is 0 Å². The molecule has 0 aliphatic rings. The number of pyridine rings is 1. The first-order chi connectivity index (χ1) is 11.6. The van der Waals surface area contributed by atoms with Crippen LogP contribution in [0.15, 0.2) is 54.9 Å². The minimum absolute atomic E-state index is 0.209. The Kier molecular flexibility index (Phi) is 3.27. The molecule has 3 aromatic heterocycles. The summed E-state index contributed by atoms with van der Waals surface area (Å²) in [5.41, 5.74) is 3.12. The molecule has 0 aliphatic heterocycles. The van der Waals surface area contributed by atoms with Crippen LogP contribution in [0.1, 0.15) is 21.7 Å². The molecule has 0 unspecified atom stereocenters. The lowest BCUT2D eigenvalue weighted by Gasteiger charge is -2.08. The summed E-state index contributed by atoms with van der Waals surface area (Å²) >= 11 is 0. The third kappa shape index (κ3) is 2.31. The maximum Gasteiger partial charge on any atom is 0.260 e. The molecule has 118 valence electrons. The maximum absolute atomic E-state index is 12.8. The largest absolute Gasteiger partial charge is 0.306 e. The lowest BCUT2D eigenvalue weighted by molar-refractivity contribution is 0.102. The van der Waals surface area contributed by atoms with Gasteiger partial charge in [0.1, 0.15) is 11.5 Å². The molecular formula is C19H16N4O. The van der Waals surface area contributed by atoms with Gasteiger partial charge in [0.15, 0.2) is 0 Å². The van der Waals surface area contributed by atoms with Gasteiger partial charge in [0.2, 0.25) is 0 Å². The lowest BCUT2D eigenvalue weighted by atomic mass is 10.1. The van der Waals surface area contributed by atoms with Gasteiger partial charge in [0, 0.05) is 29.2 Å². The molecule has 4 rings (SSSR count). The highest BCUT2D eigenvalue weighted by Crippen LogP contribution is 2.22. The first-order valence-electron chi connectivity index (χ1n) is 7.74. The topological polar surface area (TPSA) is 59.3 Å². The number of carbonyl (C=O) groups excluding carboxylic acids is 1. The van der Waals surface area contributed by atoms with Crippen molar-refractivity contribution >= 4 is 28.1 Å². The van der Waals surface area contributed by atoms with Crippen LogP contribution in [0.5, 0.6) is 0 Å². The second-order valence-corrected chi connectivity index (χ2v) is 5.80. The Balaban J connectivity index is 1.77. The summed E-state index contributed by atoms with van der Waals surface area (Å²) in [6.07, 6.45) is 3.56. The normalized spacial score (nSPS) is 11.1. The first kappa shape index (κ1) is 14.4. The highest BCUT2D eigenvalue weighted by atomic mass is 16.1. The summed E-state index contributed by atoms with van der Waals surface area (Å²) in [7, 11) is 0. The van der Waals surface area contributed by atoms with Crippen LogP contribution in [0, 0.1) is 13.8 Å². The van der Waals surface area contributed by atoms with Crippen molar-refractivity contribution in [1.82, 2.24) is 14.4 Å². The van der Waals surface area contributed by atoms with Gasteiger partial charge >= 0.3 is 0 Å². The minimum Gasteiger partial charge on any atom is -0.306 e. The Morgan fingerprint density at radius 3 is 2.83 bits per heavy atom. The third-order valence-electron chi connectivity index (χ3n) is 4.09. The monoisotopic (exact) mass is 316 g/mol. The fourth-order valence-electron chi connectivity index (χ4n) is 2.97. The van der Waals surface area contributed by atoms with Crippen molar-refractivity contribution in [2.75, 3.05) is 5.32 Å². The highest BCUT2D eigenvalue weighted by molar-refractivity contribution is 6.11. The van der Waals surface area contributed by atoms with Gasteiger partial charge in [-0.25, -0.2) is 9.97 Å². The van der Waals surface area contributed by atoms with E-state index in [1.54, 1.807) is 12.3 Å². The number of fused-ring (bicyclic) bond motifs is 2. The molecule has 0 fully saturated rings. The molecule has 0 spiro atoms. The SMILES string of the molecule is Cc1cc(C)n2ccc(C(=O)Nc3nccc4ccccc34)c2n1. The molecule has 5 nitrogen and oxygen atoms in total. The van der Waals surface area contributed by atoms with E-state index in [-0.39, 0.29) is 5.91 Å². The number of nitrogens with zero attached hydrogens (tertiary/aromatic N) is 3. The molecule has 0 aliphatic carbocycles. The highest BCUT2D eigenvalue weighted by Gasteiger charge is 2.15. The average molecular weight is 316 g/mol. The molecule has 1 aromatic carbocycles. The van der Waals surface area contributed by atoms with E-state index < -0.39 is 0 Å².